The molecule has 0 atom stereocenters. The number of hydrogen-bond donors (Lipinski definition) is 0. The van der Waals surface area contributed by atoms with Crippen LogP contribution in [0.2, 0.25) is 0 Å². The number of halogens is 2. The predicted octanol–water partition coefficient (Wildman–Crippen LogP) is 4.16. The van der Waals surface area contributed by atoms with Crippen molar-refractivity contribution in [1.82, 2.24) is 24.3 Å². The van der Waals surface area contributed by atoms with Crippen molar-refractivity contribution in [3.8, 4) is 11.4 Å². The lowest BCUT2D eigenvalue weighted by Crippen LogP contribution is -2.04. The summed E-state index contributed by atoms with van der Waals surface area (Å²) in [6, 6.07) is 7.97. The van der Waals surface area contributed by atoms with E-state index >= 15 is 0 Å². The Kier molecular flexibility index (Phi) is 4.94. The highest BCUT2D eigenvalue weighted by Crippen LogP contribution is 2.28. The second-order valence-electron chi connectivity index (χ2n) is 5.18. The van der Waals surface area contributed by atoms with Crippen molar-refractivity contribution in [3.63, 3.8) is 0 Å². The molecule has 0 spiro atoms. The Hall–Kier alpha value is -2.22. The zero-order valence-electron chi connectivity index (χ0n) is 13.4. The minimum Gasteiger partial charge on any atom is -0.302 e. The molecule has 2 heterocycles. The van der Waals surface area contributed by atoms with Crippen molar-refractivity contribution < 1.29 is 8.78 Å². The van der Waals surface area contributed by atoms with Crippen LogP contribution in [0.5, 0.6) is 0 Å². The lowest BCUT2D eigenvalue weighted by atomic mass is 10.1. The number of nitrogens with zero attached hydrogens (tertiary/aromatic N) is 5. The minimum absolute atomic E-state index is 0.309. The van der Waals surface area contributed by atoms with Crippen LogP contribution in [-0.4, -0.2) is 24.3 Å². The summed E-state index contributed by atoms with van der Waals surface area (Å²) in [7, 11) is 0. The summed E-state index contributed by atoms with van der Waals surface area (Å²) in [5.74, 6) is 1.41. The fourth-order valence-electron chi connectivity index (χ4n) is 2.47. The van der Waals surface area contributed by atoms with Crippen molar-refractivity contribution in [3.05, 3.63) is 48.0 Å². The van der Waals surface area contributed by atoms with Gasteiger partial charge in [0.1, 0.15) is 5.82 Å². The van der Waals surface area contributed by atoms with E-state index < -0.39 is 6.55 Å². The Morgan fingerprint density at radius 3 is 2.71 bits per heavy atom. The second-order valence-corrected chi connectivity index (χ2v) is 6.12. The van der Waals surface area contributed by atoms with Crippen LogP contribution in [0, 0.1) is 6.92 Å². The summed E-state index contributed by atoms with van der Waals surface area (Å²) in [5.41, 5.74) is 2.14. The summed E-state index contributed by atoms with van der Waals surface area (Å²) < 4.78 is 28.6. The fraction of sp³-hybridized carbons (Fsp3) is 0.312. The monoisotopic (exact) mass is 349 g/mol. The van der Waals surface area contributed by atoms with Gasteiger partial charge in [-0.15, -0.1) is 10.2 Å². The summed E-state index contributed by atoms with van der Waals surface area (Å²) >= 11 is 1.35. The van der Waals surface area contributed by atoms with Gasteiger partial charge in [0.15, 0.2) is 11.0 Å². The van der Waals surface area contributed by atoms with Gasteiger partial charge in [-0.1, -0.05) is 36.0 Å². The summed E-state index contributed by atoms with van der Waals surface area (Å²) in [5, 5.41) is 9.22. The Bertz CT molecular complexity index is 827. The maximum Gasteiger partial charge on any atom is 0.319 e. The van der Waals surface area contributed by atoms with E-state index in [1.54, 1.807) is 0 Å². The van der Waals surface area contributed by atoms with E-state index in [1.165, 1.54) is 24.2 Å². The van der Waals surface area contributed by atoms with Gasteiger partial charge in [-0.2, -0.15) is 8.78 Å². The first kappa shape index (κ1) is 16.6. The van der Waals surface area contributed by atoms with E-state index in [0.717, 1.165) is 21.5 Å². The average Bonchev–Trinajstić information content (AvgIpc) is 3.19. The molecule has 0 radical (unpaired) electrons. The minimum atomic E-state index is -2.59. The van der Waals surface area contributed by atoms with Crippen molar-refractivity contribution >= 4 is 11.8 Å². The molecule has 1 aromatic carbocycles. The molecule has 0 aliphatic carbocycles. The molecule has 0 N–H and O–H groups in total. The van der Waals surface area contributed by atoms with Crippen LogP contribution in [0.3, 0.4) is 0 Å². The van der Waals surface area contributed by atoms with E-state index in [1.807, 2.05) is 42.7 Å². The number of aryl methyl sites for hydroxylation is 1. The van der Waals surface area contributed by atoms with E-state index in [9.17, 15) is 8.78 Å². The van der Waals surface area contributed by atoms with Crippen molar-refractivity contribution in [2.45, 2.75) is 37.9 Å². The summed E-state index contributed by atoms with van der Waals surface area (Å²) in [6.45, 7) is 2.14. The molecule has 8 heteroatoms. The number of hydrogen-bond acceptors (Lipinski definition) is 4. The normalized spacial score (nSPS) is 11.4. The molecule has 0 saturated heterocycles. The lowest BCUT2D eigenvalue weighted by molar-refractivity contribution is 0.0678. The van der Waals surface area contributed by atoms with E-state index in [-0.39, 0.29) is 0 Å². The van der Waals surface area contributed by atoms with Crippen LogP contribution in [0.15, 0.2) is 41.8 Å². The van der Waals surface area contributed by atoms with Gasteiger partial charge < -0.3 is 4.57 Å². The predicted molar refractivity (Wildman–Crippen MR) is 88.9 cm³/mol. The summed E-state index contributed by atoms with van der Waals surface area (Å²) in [4.78, 5) is 3.99. The number of thioether (sulfide) groups is 1. The standard InChI is InChI=1S/C16H17F2N5S/c1-3-22-14(12-7-5-4-6-11(12)2)20-21-16(22)24-10-13-19-8-9-23(13)15(17)18/h4-9,15H,3,10H2,1-2H3. The molecule has 0 bridgehead atoms. The average molecular weight is 349 g/mol. The number of alkyl halides is 2. The number of rotatable bonds is 6. The molecule has 3 aromatic rings. The number of benzene rings is 1. The number of imidazole rings is 1. The molecular weight excluding hydrogens is 332 g/mol. The van der Waals surface area contributed by atoms with Gasteiger partial charge >= 0.3 is 6.55 Å². The molecule has 126 valence electrons. The van der Waals surface area contributed by atoms with Crippen LogP contribution in [-0.2, 0) is 12.3 Å². The van der Waals surface area contributed by atoms with Gasteiger partial charge in [0.2, 0.25) is 0 Å². The third-order valence-electron chi connectivity index (χ3n) is 3.71. The van der Waals surface area contributed by atoms with Gasteiger partial charge in [0.05, 0.1) is 5.75 Å². The summed E-state index contributed by atoms with van der Waals surface area (Å²) in [6.07, 6.45) is 2.66. The van der Waals surface area contributed by atoms with E-state index in [2.05, 4.69) is 15.2 Å². The molecule has 2 aromatic heterocycles. The SMILES string of the molecule is CCn1c(SCc2nccn2C(F)F)nnc1-c1ccccc1C. The first-order valence-corrected chi connectivity index (χ1v) is 8.52. The Morgan fingerprint density at radius 1 is 1.21 bits per heavy atom. The molecule has 0 unspecified atom stereocenters. The van der Waals surface area contributed by atoms with Crippen LogP contribution in [0.25, 0.3) is 11.4 Å². The topological polar surface area (TPSA) is 48.5 Å². The molecule has 0 aliphatic heterocycles. The lowest BCUT2D eigenvalue weighted by Gasteiger charge is -2.09. The fourth-order valence-corrected chi connectivity index (χ4v) is 3.42. The number of aromatic nitrogens is 5. The maximum atomic E-state index is 12.9. The smallest absolute Gasteiger partial charge is 0.302 e. The zero-order chi connectivity index (χ0) is 17.1. The molecular formula is C16H17F2N5S. The van der Waals surface area contributed by atoms with Crippen molar-refractivity contribution in [2.24, 2.45) is 0 Å². The van der Waals surface area contributed by atoms with Gasteiger partial charge in [0.25, 0.3) is 0 Å². The molecule has 0 fully saturated rings. The third kappa shape index (κ3) is 3.19. The Morgan fingerprint density at radius 2 is 2.00 bits per heavy atom. The third-order valence-corrected chi connectivity index (χ3v) is 4.67. The second kappa shape index (κ2) is 7.12. The van der Waals surface area contributed by atoms with Crippen LogP contribution < -0.4 is 0 Å². The van der Waals surface area contributed by atoms with Gasteiger partial charge in [-0.3, -0.25) is 4.57 Å². The Balaban J connectivity index is 1.85. The highest BCUT2D eigenvalue weighted by molar-refractivity contribution is 7.98. The van der Waals surface area contributed by atoms with Crippen LogP contribution >= 0.6 is 11.8 Å². The molecule has 0 amide bonds. The molecule has 0 aliphatic rings. The van der Waals surface area contributed by atoms with E-state index in [0.29, 0.717) is 23.3 Å². The van der Waals surface area contributed by atoms with Gasteiger partial charge in [-0.05, 0) is 19.4 Å². The molecule has 0 saturated carbocycles. The quantitative estimate of drug-likeness (QED) is 0.627. The molecule has 24 heavy (non-hydrogen) atoms. The van der Waals surface area contributed by atoms with Crippen LogP contribution in [0.1, 0.15) is 24.9 Å². The van der Waals surface area contributed by atoms with Crippen LogP contribution in [0.4, 0.5) is 8.78 Å². The first-order valence-electron chi connectivity index (χ1n) is 7.53. The first-order chi connectivity index (χ1) is 11.6. The van der Waals surface area contributed by atoms with Crippen molar-refractivity contribution in [2.75, 3.05) is 0 Å². The molecule has 5 nitrogen and oxygen atoms in total. The highest BCUT2D eigenvalue weighted by atomic mass is 32.2. The largest absolute Gasteiger partial charge is 0.319 e. The highest BCUT2D eigenvalue weighted by Gasteiger charge is 2.17. The van der Waals surface area contributed by atoms with Crippen molar-refractivity contribution in [1.29, 1.82) is 0 Å². The van der Waals surface area contributed by atoms with Gasteiger partial charge in [0, 0.05) is 24.5 Å². The Labute approximate surface area is 142 Å². The van der Waals surface area contributed by atoms with Gasteiger partial charge in [-0.25, -0.2) is 4.98 Å². The molecule has 3 rings (SSSR count). The van der Waals surface area contributed by atoms with E-state index in [4.69, 9.17) is 0 Å². The maximum absolute atomic E-state index is 12.9. The zero-order valence-corrected chi connectivity index (χ0v) is 14.2.